The molecule has 0 aliphatic rings. The van der Waals surface area contributed by atoms with Gasteiger partial charge in [-0.3, -0.25) is 4.57 Å². The van der Waals surface area contributed by atoms with E-state index in [0.29, 0.717) is 28.8 Å². The van der Waals surface area contributed by atoms with Crippen LogP contribution in [0.5, 0.6) is 17.4 Å². The largest absolute Gasteiger partial charge is 0.494 e. The predicted octanol–water partition coefficient (Wildman–Crippen LogP) is 3.14. The van der Waals surface area contributed by atoms with E-state index in [1.165, 1.54) is 28.4 Å². The zero-order valence-electron chi connectivity index (χ0n) is 22.5. The smallest absolute Gasteiger partial charge is 0.213 e. The van der Waals surface area contributed by atoms with E-state index in [-0.39, 0.29) is 17.5 Å². The third kappa shape index (κ3) is 5.68. The Balaban J connectivity index is 1.85. The molecular weight excluding hydrogens is 524 g/mol. The van der Waals surface area contributed by atoms with Crippen LogP contribution in [0.1, 0.15) is 30.2 Å². The average molecular weight is 555 g/mol. The summed E-state index contributed by atoms with van der Waals surface area (Å²) in [5, 5.41) is 7.60. The van der Waals surface area contributed by atoms with Gasteiger partial charge in [-0.15, -0.1) is 10.2 Å². The first-order valence-corrected chi connectivity index (χ1v) is 13.7. The van der Waals surface area contributed by atoms with Gasteiger partial charge in [-0.05, 0) is 37.6 Å². The number of aryl methyl sites for hydroxylation is 1. The Bertz CT molecular complexity index is 1520. The first kappa shape index (κ1) is 27.9. The molecule has 13 heteroatoms. The number of methoxy groups -OCH3 is 4. The maximum absolute atomic E-state index is 13.8. The number of hydrogen-bond donors (Lipinski definition) is 0. The van der Waals surface area contributed by atoms with Gasteiger partial charge in [-0.1, -0.05) is 12.1 Å². The van der Waals surface area contributed by atoms with Crippen LogP contribution < -0.4 is 14.2 Å². The minimum atomic E-state index is -3.89. The summed E-state index contributed by atoms with van der Waals surface area (Å²) >= 11 is 0. The van der Waals surface area contributed by atoms with Crippen molar-refractivity contribution in [2.75, 3.05) is 28.4 Å². The summed E-state index contributed by atoms with van der Waals surface area (Å²) in [6, 6.07) is 10.4. The highest BCUT2D eigenvalue weighted by atomic mass is 32.2. The summed E-state index contributed by atoms with van der Waals surface area (Å²) < 4.78 is 51.2. The SMILES string of the molecule is COc1cccc(-c2nnc(CS(=O)(=O)[C@@H](C)[C@@H](OC)c3ncc(C)cn3)n2-c2c(OC)cccc2OC)n1. The molecule has 3 heterocycles. The molecular formula is C26H30N6O6S. The molecule has 4 aromatic rings. The fourth-order valence-electron chi connectivity index (χ4n) is 4.07. The fourth-order valence-corrected chi connectivity index (χ4v) is 5.49. The molecule has 0 N–H and O–H groups in total. The van der Waals surface area contributed by atoms with Crippen LogP contribution in [-0.4, -0.2) is 71.8 Å². The number of sulfone groups is 1. The van der Waals surface area contributed by atoms with Crippen molar-refractivity contribution in [1.29, 1.82) is 0 Å². The molecule has 0 aliphatic carbocycles. The van der Waals surface area contributed by atoms with E-state index in [9.17, 15) is 8.42 Å². The monoisotopic (exact) mass is 554 g/mol. The molecule has 0 saturated heterocycles. The molecule has 12 nitrogen and oxygen atoms in total. The lowest BCUT2D eigenvalue weighted by Crippen LogP contribution is -2.30. The van der Waals surface area contributed by atoms with Gasteiger partial charge in [0.15, 0.2) is 27.3 Å². The van der Waals surface area contributed by atoms with Gasteiger partial charge in [-0.25, -0.2) is 23.4 Å². The molecule has 3 aromatic heterocycles. The van der Waals surface area contributed by atoms with Gasteiger partial charge >= 0.3 is 0 Å². The third-order valence-corrected chi connectivity index (χ3v) is 8.19. The Labute approximate surface area is 226 Å². The van der Waals surface area contributed by atoms with Crippen molar-refractivity contribution < 1.29 is 27.4 Å². The van der Waals surface area contributed by atoms with Gasteiger partial charge < -0.3 is 18.9 Å². The maximum Gasteiger partial charge on any atom is 0.213 e. The zero-order chi connectivity index (χ0) is 28.2. The van der Waals surface area contributed by atoms with Crippen molar-refractivity contribution in [3.05, 3.63) is 66.0 Å². The van der Waals surface area contributed by atoms with Crippen molar-refractivity contribution in [2.24, 2.45) is 0 Å². The molecule has 0 bridgehead atoms. The summed E-state index contributed by atoms with van der Waals surface area (Å²) in [6.45, 7) is 3.40. The van der Waals surface area contributed by atoms with Gasteiger partial charge in [-0.2, -0.15) is 0 Å². The van der Waals surface area contributed by atoms with Crippen molar-refractivity contribution in [3.8, 4) is 34.6 Å². The Morgan fingerprint density at radius 1 is 0.897 bits per heavy atom. The van der Waals surface area contributed by atoms with E-state index in [1.54, 1.807) is 60.3 Å². The van der Waals surface area contributed by atoms with Crippen LogP contribution in [0.2, 0.25) is 0 Å². The van der Waals surface area contributed by atoms with Crippen LogP contribution in [-0.2, 0) is 20.3 Å². The van der Waals surface area contributed by atoms with Crippen molar-refractivity contribution in [3.63, 3.8) is 0 Å². The summed E-state index contributed by atoms with van der Waals surface area (Å²) in [6.07, 6.45) is 2.34. The number of ether oxygens (including phenoxy) is 4. The zero-order valence-corrected chi connectivity index (χ0v) is 23.3. The number of nitrogens with zero attached hydrogens (tertiary/aromatic N) is 6. The lowest BCUT2D eigenvalue weighted by Gasteiger charge is -2.22. The Kier molecular flexibility index (Phi) is 8.41. The van der Waals surface area contributed by atoms with Crippen LogP contribution in [0.4, 0.5) is 0 Å². The standard InChI is InChI=1S/C26H30N6O6S/c1-16-13-27-25(28-14-16)24(38-6)17(2)39(33,34)15-21-30-31-26(18-9-7-12-22(29-18)37-5)32(21)23-19(35-3)10-8-11-20(23)36-4/h7-14,17,24H,15H2,1-6H3/t17-,24+/m0/s1. The van der Waals surface area contributed by atoms with E-state index >= 15 is 0 Å². The number of benzene rings is 1. The quantitative estimate of drug-likeness (QED) is 0.270. The second-order valence-corrected chi connectivity index (χ2v) is 11.0. The maximum atomic E-state index is 13.8. The highest BCUT2D eigenvalue weighted by Gasteiger charge is 2.35. The molecule has 4 rings (SSSR count). The second kappa shape index (κ2) is 11.7. The molecule has 0 radical (unpaired) electrons. The van der Waals surface area contributed by atoms with Gasteiger partial charge in [0.25, 0.3) is 0 Å². The highest BCUT2D eigenvalue weighted by molar-refractivity contribution is 7.91. The van der Waals surface area contributed by atoms with E-state index in [1.807, 2.05) is 6.92 Å². The first-order valence-electron chi connectivity index (χ1n) is 11.9. The molecule has 0 aliphatic heterocycles. The van der Waals surface area contributed by atoms with Crippen LogP contribution in [0.15, 0.2) is 48.8 Å². The third-order valence-electron chi connectivity index (χ3n) is 6.15. The van der Waals surface area contributed by atoms with Crippen molar-refractivity contribution >= 4 is 9.84 Å². The molecule has 0 fully saturated rings. The van der Waals surface area contributed by atoms with Gasteiger partial charge in [0, 0.05) is 25.6 Å². The minimum Gasteiger partial charge on any atom is -0.494 e. The average Bonchev–Trinajstić information content (AvgIpc) is 3.35. The lowest BCUT2D eigenvalue weighted by molar-refractivity contribution is 0.0947. The van der Waals surface area contributed by atoms with Crippen molar-refractivity contribution in [1.82, 2.24) is 29.7 Å². The fraction of sp³-hybridized carbons (Fsp3) is 0.346. The van der Waals surface area contributed by atoms with Crippen LogP contribution in [0.25, 0.3) is 17.2 Å². The minimum absolute atomic E-state index is 0.129. The summed E-state index contributed by atoms with van der Waals surface area (Å²) in [4.78, 5) is 13.0. The van der Waals surface area contributed by atoms with E-state index < -0.39 is 26.9 Å². The molecule has 206 valence electrons. The second-order valence-electron chi connectivity index (χ2n) is 8.64. The van der Waals surface area contributed by atoms with Crippen LogP contribution >= 0.6 is 0 Å². The Hall–Kier alpha value is -4.10. The van der Waals surface area contributed by atoms with Crippen LogP contribution in [0, 0.1) is 6.92 Å². The molecule has 0 spiro atoms. The Morgan fingerprint density at radius 3 is 2.13 bits per heavy atom. The number of para-hydroxylation sites is 1. The summed E-state index contributed by atoms with van der Waals surface area (Å²) in [7, 11) is 2.06. The molecule has 0 unspecified atom stereocenters. The Morgan fingerprint density at radius 2 is 1.54 bits per heavy atom. The van der Waals surface area contributed by atoms with E-state index in [4.69, 9.17) is 18.9 Å². The van der Waals surface area contributed by atoms with E-state index in [0.717, 1.165) is 5.56 Å². The molecule has 1 aromatic carbocycles. The molecule has 0 saturated carbocycles. The van der Waals surface area contributed by atoms with Crippen molar-refractivity contribution in [2.45, 2.75) is 31.0 Å². The highest BCUT2D eigenvalue weighted by Crippen LogP contribution is 2.37. The molecule has 0 amide bonds. The number of hydrogen-bond acceptors (Lipinski definition) is 11. The summed E-state index contributed by atoms with van der Waals surface area (Å²) in [5.74, 6) is 1.41. The molecule has 39 heavy (non-hydrogen) atoms. The first-order chi connectivity index (χ1) is 18.7. The summed E-state index contributed by atoms with van der Waals surface area (Å²) in [5.41, 5.74) is 1.69. The van der Waals surface area contributed by atoms with E-state index in [2.05, 4.69) is 25.1 Å². The molecule has 2 atom stereocenters. The lowest BCUT2D eigenvalue weighted by atomic mass is 10.2. The van der Waals surface area contributed by atoms with Crippen LogP contribution in [0.3, 0.4) is 0 Å². The topological polar surface area (TPSA) is 140 Å². The number of pyridine rings is 1. The van der Waals surface area contributed by atoms with Gasteiger partial charge in [0.1, 0.15) is 34.7 Å². The van der Waals surface area contributed by atoms with Gasteiger partial charge in [0.2, 0.25) is 5.88 Å². The normalized spacial score (nSPS) is 13.1. The number of rotatable bonds is 11. The van der Waals surface area contributed by atoms with Gasteiger partial charge in [0.05, 0.1) is 26.6 Å². The predicted molar refractivity (Wildman–Crippen MR) is 143 cm³/mol. The number of aromatic nitrogens is 6.